The lowest BCUT2D eigenvalue weighted by molar-refractivity contribution is 0.101. The summed E-state index contributed by atoms with van der Waals surface area (Å²) in [7, 11) is 1.75. The van der Waals surface area contributed by atoms with Gasteiger partial charge in [-0.1, -0.05) is 0 Å². The van der Waals surface area contributed by atoms with Crippen molar-refractivity contribution in [2.24, 2.45) is 7.05 Å². The minimum absolute atomic E-state index is 0.217. The predicted octanol–water partition coefficient (Wildman–Crippen LogP) is 2.55. The molecule has 0 unspecified atom stereocenters. The predicted molar refractivity (Wildman–Crippen MR) is 59.7 cm³/mol. The van der Waals surface area contributed by atoms with Crippen LogP contribution in [-0.4, -0.2) is 15.6 Å². The van der Waals surface area contributed by atoms with E-state index in [1.165, 1.54) is 25.3 Å². The van der Waals surface area contributed by atoms with E-state index < -0.39 is 5.82 Å². The zero-order valence-electron chi connectivity index (χ0n) is 9.48. The van der Waals surface area contributed by atoms with Gasteiger partial charge in [-0.3, -0.25) is 9.48 Å². The average molecular weight is 234 g/mol. The number of carbonyl (C=O) groups is 1. The number of Topliss-reactive ketones (excluding diaryl/α,β-unsaturated/α-hetero) is 1. The van der Waals surface area contributed by atoms with Crippen LogP contribution in [-0.2, 0) is 7.05 Å². The fraction of sp³-hybridized carbons (Fsp3) is 0.167. The Bertz CT molecular complexity index is 563. The summed E-state index contributed by atoms with van der Waals surface area (Å²) in [5.74, 6) is 0.116. The van der Waals surface area contributed by atoms with Crippen LogP contribution in [0.3, 0.4) is 0 Å². The third-order valence-corrected chi connectivity index (χ3v) is 2.23. The van der Waals surface area contributed by atoms with Gasteiger partial charge in [0.05, 0.1) is 18.0 Å². The standard InChI is InChI=1S/C12H11FN2O2/c1-8(16)11-5-9(13)3-4-12(11)17-10-6-14-15(2)7-10/h3-7H,1-2H3. The van der Waals surface area contributed by atoms with Gasteiger partial charge in [0.2, 0.25) is 0 Å². The highest BCUT2D eigenvalue weighted by molar-refractivity contribution is 5.96. The molecule has 0 atom stereocenters. The summed E-state index contributed by atoms with van der Waals surface area (Å²) >= 11 is 0. The van der Waals surface area contributed by atoms with Gasteiger partial charge >= 0.3 is 0 Å². The first-order chi connectivity index (χ1) is 8.06. The third kappa shape index (κ3) is 2.50. The van der Waals surface area contributed by atoms with Crippen molar-refractivity contribution in [1.82, 2.24) is 9.78 Å². The molecule has 2 rings (SSSR count). The second-order valence-electron chi connectivity index (χ2n) is 3.65. The molecule has 0 bridgehead atoms. The summed E-state index contributed by atoms with van der Waals surface area (Å²) in [5, 5.41) is 3.94. The monoisotopic (exact) mass is 234 g/mol. The molecule has 4 nitrogen and oxygen atoms in total. The summed E-state index contributed by atoms with van der Waals surface area (Å²) < 4.78 is 20.1. The molecule has 0 saturated heterocycles. The molecule has 0 aliphatic carbocycles. The van der Waals surface area contributed by atoms with Gasteiger partial charge in [0.25, 0.3) is 0 Å². The summed E-state index contributed by atoms with van der Waals surface area (Å²) in [5.41, 5.74) is 0.217. The Hall–Kier alpha value is -2.17. The third-order valence-electron chi connectivity index (χ3n) is 2.23. The maximum absolute atomic E-state index is 13.0. The van der Waals surface area contributed by atoms with Gasteiger partial charge in [-0.25, -0.2) is 4.39 Å². The van der Waals surface area contributed by atoms with Crippen molar-refractivity contribution in [1.29, 1.82) is 0 Å². The minimum atomic E-state index is -0.464. The number of benzene rings is 1. The van der Waals surface area contributed by atoms with Gasteiger partial charge in [0.15, 0.2) is 11.5 Å². The highest BCUT2D eigenvalue weighted by Gasteiger charge is 2.11. The molecule has 1 aromatic heterocycles. The molecule has 0 spiro atoms. The van der Waals surface area contributed by atoms with Crippen LogP contribution in [0.2, 0.25) is 0 Å². The fourth-order valence-electron chi connectivity index (χ4n) is 1.44. The fourth-order valence-corrected chi connectivity index (χ4v) is 1.44. The highest BCUT2D eigenvalue weighted by Crippen LogP contribution is 2.25. The van der Waals surface area contributed by atoms with Gasteiger partial charge in [0.1, 0.15) is 11.6 Å². The summed E-state index contributed by atoms with van der Waals surface area (Å²) in [4.78, 5) is 11.3. The Kier molecular flexibility index (Phi) is 2.91. The normalized spacial score (nSPS) is 10.3. The molecule has 1 aromatic carbocycles. The van der Waals surface area contributed by atoms with Crippen LogP contribution in [0.15, 0.2) is 30.6 Å². The SMILES string of the molecule is CC(=O)c1cc(F)ccc1Oc1cnn(C)c1. The summed E-state index contributed by atoms with van der Waals surface area (Å²) in [6.07, 6.45) is 3.18. The lowest BCUT2D eigenvalue weighted by Gasteiger charge is -2.07. The smallest absolute Gasteiger partial charge is 0.165 e. The average Bonchev–Trinajstić information content (AvgIpc) is 2.66. The molecule has 0 radical (unpaired) electrons. The van der Waals surface area contributed by atoms with E-state index in [2.05, 4.69) is 5.10 Å². The lowest BCUT2D eigenvalue weighted by atomic mass is 10.1. The molecule has 1 heterocycles. The molecule has 0 fully saturated rings. The Morgan fingerprint density at radius 3 is 2.82 bits per heavy atom. The van der Waals surface area contributed by atoms with Gasteiger partial charge in [-0.15, -0.1) is 0 Å². The van der Waals surface area contributed by atoms with E-state index in [0.717, 1.165) is 6.07 Å². The molecular weight excluding hydrogens is 223 g/mol. The van der Waals surface area contributed by atoms with E-state index in [-0.39, 0.29) is 11.3 Å². The highest BCUT2D eigenvalue weighted by atomic mass is 19.1. The maximum Gasteiger partial charge on any atom is 0.165 e. The van der Waals surface area contributed by atoms with Crippen molar-refractivity contribution >= 4 is 5.78 Å². The van der Waals surface area contributed by atoms with Crippen LogP contribution in [0.25, 0.3) is 0 Å². The van der Waals surface area contributed by atoms with Crippen molar-refractivity contribution < 1.29 is 13.9 Å². The van der Waals surface area contributed by atoms with Gasteiger partial charge in [-0.2, -0.15) is 5.10 Å². The second kappa shape index (κ2) is 4.37. The lowest BCUT2D eigenvalue weighted by Crippen LogP contribution is -1.97. The van der Waals surface area contributed by atoms with Crippen molar-refractivity contribution in [3.63, 3.8) is 0 Å². The Labute approximate surface area is 97.6 Å². The molecule has 0 aliphatic heterocycles. The van der Waals surface area contributed by atoms with Crippen molar-refractivity contribution in [2.45, 2.75) is 6.92 Å². The molecule has 0 aliphatic rings. The summed E-state index contributed by atoms with van der Waals surface area (Å²) in [6, 6.07) is 3.84. The molecule has 0 saturated carbocycles. The molecular formula is C12H11FN2O2. The molecule has 0 amide bonds. The number of ether oxygens (including phenoxy) is 1. The van der Waals surface area contributed by atoms with Crippen LogP contribution in [0.4, 0.5) is 4.39 Å². The number of rotatable bonds is 3. The number of aromatic nitrogens is 2. The van der Waals surface area contributed by atoms with Crippen LogP contribution in [0.1, 0.15) is 17.3 Å². The van der Waals surface area contributed by atoms with Crippen molar-refractivity contribution in [3.05, 3.63) is 42.0 Å². The number of carbonyl (C=O) groups excluding carboxylic acids is 1. The van der Waals surface area contributed by atoms with Crippen LogP contribution >= 0.6 is 0 Å². The molecule has 88 valence electrons. The Morgan fingerprint density at radius 2 is 2.24 bits per heavy atom. The zero-order chi connectivity index (χ0) is 12.4. The second-order valence-corrected chi connectivity index (χ2v) is 3.65. The quantitative estimate of drug-likeness (QED) is 0.766. The van der Waals surface area contributed by atoms with Crippen LogP contribution < -0.4 is 4.74 Å². The van der Waals surface area contributed by atoms with Crippen molar-refractivity contribution in [2.75, 3.05) is 0 Å². The van der Waals surface area contributed by atoms with Gasteiger partial charge in [-0.05, 0) is 25.1 Å². The first kappa shape index (κ1) is 11.3. The van der Waals surface area contributed by atoms with Crippen LogP contribution in [0.5, 0.6) is 11.5 Å². The van der Waals surface area contributed by atoms with E-state index >= 15 is 0 Å². The number of hydrogen-bond donors (Lipinski definition) is 0. The number of nitrogens with zero attached hydrogens (tertiary/aromatic N) is 2. The number of halogens is 1. The number of hydrogen-bond acceptors (Lipinski definition) is 3. The molecule has 2 aromatic rings. The molecule has 0 N–H and O–H groups in total. The van der Waals surface area contributed by atoms with Gasteiger partial charge < -0.3 is 4.74 Å². The van der Waals surface area contributed by atoms with E-state index in [0.29, 0.717) is 11.5 Å². The molecule has 5 heteroatoms. The van der Waals surface area contributed by atoms with Crippen LogP contribution in [0, 0.1) is 5.82 Å². The minimum Gasteiger partial charge on any atom is -0.453 e. The largest absolute Gasteiger partial charge is 0.453 e. The topological polar surface area (TPSA) is 44.1 Å². The first-order valence-electron chi connectivity index (χ1n) is 5.03. The van der Waals surface area contributed by atoms with E-state index in [1.54, 1.807) is 17.9 Å². The number of aryl methyl sites for hydroxylation is 1. The first-order valence-corrected chi connectivity index (χ1v) is 5.03. The van der Waals surface area contributed by atoms with E-state index in [4.69, 9.17) is 4.74 Å². The molecule has 17 heavy (non-hydrogen) atoms. The van der Waals surface area contributed by atoms with Crippen molar-refractivity contribution in [3.8, 4) is 11.5 Å². The maximum atomic E-state index is 13.0. The Balaban J connectivity index is 2.35. The van der Waals surface area contributed by atoms with E-state index in [9.17, 15) is 9.18 Å². The summed E-state index contributed by atoms with van der Waals surface area (Å²) in [6.45, 7) is 1.37. The Morgan fingerprint density at radius 1 is 1.47 bits per heavy atom. The zero-order valence-corrected chi connectivity index (χ0v) is 9.48. The van der Waals surface area contributed by atoms with E-state index in [1.807, 2.05) is 0 Å². The van der Waals surface area contributed by atoms with Gasteiger partial charge in [0, 0.05) is 7.05 Å². The number of ketones is 1.